The van der Waals surface area contributed by atoms with Crippen LogP contribution >= 0.6 is 23.2 Å². The summed E-state index contributed by atoms with van der Waals surface area (Å²) in [7, 11) is -3.52. The van der Waals surface area contributed by atoms with E-state index in [0.29, 0.717) is 35.6 Å². The molecule has 4 nitrogen and oxygen atoms in total. The van der Waals surface area contributed by atoms with Crippen molar-refractivity contribution in [3.05, 3.63) is 28.2 Å². The van der Waals surface area contributed by atoms with Crippen LogP contribution in [0.2, 0.25) is 10.0 Å². The summed E-state index contributed by atoms with van der Waals surface area (Å²) < 4.78 is 26.4. The van der Waals surface area contributed by atoms with Crippen LogP contribution in [-0.2, 0) is 10.0 Å². The van der Waals surface area contributed by atoms with Crippen LogP contribution in [0.5, 0.6) is 0 Å². The van der Waals surface area contributed by atoms with Gasteiger partial charge in [-0.25, -0.2) is 8.42 Å². The number of hydrogen-bond acceptors (Lipinski definition) is 3. The lowest BCUT2D eigenvalue weighted by molar-refractivity contribution is 0.278. The van der Waals surface area contributed by atoms with E-state index in [0.717, 1.165) is 12.8 Å². The maximum absolute atomic E-state index is 12.5. The molecule has 0 aliphatic carbocycles. The molecule has 19 heavy (non-hydrogen) atoms. The first kappa shape index (κ1) is 15.1. The van der Waals surface area contributed by atoms with Crippen LogP contribution in [0.15, 0.2) is 23.1 Å². The molecule has 0 bridgehead atoms. The number of halogens is 2. The predicted molar refractivity (Wildman–Crippen MR) is 77.0 cm³/mol. The number of hydrogen-bond donors (Lipinski definition) is 1. The average Bonchev–Trinajstić information content (AvgIpc) is 2.37. The number of sulfonamides is 1. The zero-order chi connectivity index (χ0) is 14.0. The van der Waals surface area contributed by atoms with Crippen molar-refractivity contribution in [3.8, 4) is 0 Å². The molecule has 1 aromatic rings. The lowest BCUT2D eigenvalue weighted by atomic mass is 9.99. The van der Waals surface area contributed by atoms with Gasteiger partial charge >= 0.3 is 0 Å². The summed E-state index contributed by atoms with van der Waals surface area (Å²) in [6, 6.07) is 4.37. The van der Waals surface area contributed by atoms with Crippen molar-refractivity contribution >= 4 is 33.2 Å². The van der Waals surface area contributed by atoms with Crippen molar-refractivity contribution in [2.24, 2.45) is 11.7 Å². The molecule has 2 rings (SSSR count). The molecule has 0 aromatic heterocycles. The van der Waals surface area contributed by atoms with E-state index in [4.69, 9.17) is 28.9 Å². The number of piperidine rings is 1. The third kappa shape index (κ3) is 3.41. The van der Waals surface area contributed by atoms with Crippen LogP contribution in [0, 0.1) is 5.92 Å². The van der Waals surface area contributed by atoms with E-state index < -0.39 is 10.0 Å². The molecule has 1 aliphatic rings. The third-order valence-corrected chi connectivity index (χ3v) is 5.69. The Morgan fingerprint density at radius 2 is 1.68 bits per heavy atom. The van der Waals surface area contributed by atoms with Gasteiger partial charge in [-0.15, -0.1) is 0 Å². The minimum absolute atomic E-state index is 0.149. The van der Waals surface area contributed by atoms with Gasteiger partial charge in [0.15, 0.2) is 0 Å². The summed E-state index contributed by atoms with van der Waals surface area (Å²) >= 11 is 11.7. The molecule has 1 aliphatic heterocycles. The SMILES string of the molecule is NCC1CCN(S(=O)(=O)c2cc(Cl)cc(Cl)c2)CC1. The molecule has 1 aromatic carbocycles. The van der Waals surface area contributed by atoms with Gasteiger partial charge in [0.05, 0.1) is 4.90 Å². The van der Waals surface area contributed by atoms with Crippen molar-refractivity contribution in [2.45, 2.75) is 17.7 Å². The number of nitrogens with zero attached hydrogens (tertiary/aromatic N) is 1. The molecule has 0 saturated carbocycles. The smallest absolute Gasteiger partial charge is 0.243 e. The molecule has 106 valence electrons. The highest BCUT2D eigenvalue weighted by atomic mass is 35.5. The van der Waals surface area contributed by atoms with E-state index >= 15 is 0 Å². The summed E-state index contributed by atoms with van der Waals surface area (Å²) in [5, 5.41) is 0.644. The van der Waals surface area contributed by atoms with Gasteiger partial charge in [0.2, 0.25) is 10.0 Å². The Hall–Kier alpha value is -0.330. The highest BCUT2D eigenvalue weighted by Gasteiger charge is 2.29. The molecule has 2 N–H and O–H groups in total. The average molecular weight is 323 g/mol. The lowest BCUT2D eigenvalue weighted by Gasteiger charge is -2.30. The van der Waals surface area contributed by atoms with Crippen molar-refractivity contribution in [2.75, 3.05) is 19.6 Å². The zero-order valence-corrected chi connectivity index (χ0v) is 12.7. The van der Waals surface area contributed by atoms with Gasteiger partial charge in [-0.2, -0.15) is 4.31 Å². The molecule has 0 amide bonds. The predicted octanol–water partition coefficient (Wildman–Crippen LogP) is 2.35. The van der Waals surface area contributed by atoms with E-state index in [9.17, 15) is 8.42 Å². The monoisotopic (exact) mass is 322 g/mol. The molecule has 7 heteroatoms. The first-order valence-electron chi connectivity index (χ1n) is 6.10. The van der Waals surface area contributed by atoms with Crippen LogP contribution in [0.3, 0.4) is 0 Å². The van der Waals surface area contributed by atoms with Gasteiger partial charge < -0.3 is 5.73 Å². The highest BCUT2D eigenvalue weighted by Crippen LogP contribution is 2.27. The summed E-state index contributed by atoms with van der Waals surface area (Å²) in [6.07, 6.45) is 1.59. The minimum atomic E-state index is -3.52. The first-order valence-corrected chi connectivity index (χ1v) is 8.29. The van der Waals surface area contributed by atoms with Crippen LogP contribution in [0.1, 0.15) is 12.8 Å². The van der Waals surface area contributed by atoms with Crippen molar-refractivity contribution < 1.29 is 8.42 Å². The standard InChI is InChI=1S/C12H16Cl2N2O2S/c13-10-5-11(14)7-12(6-10)19(17,18)16-3-1-9(8-15)2-4-16/h5-7,9H,1-4,8,15H2. The largest absolute Gasteiger partial charge is 0.330 e. The fourth-order valence-corrected chi connectivity index (χ4v) is 4.41. The normalized spacial score (nSPS) is 18.7. The molecule has 0 radical (unpaired) electrons. The maximum atomic E-state index is 12.5. The van der Waals surface area contributed by atoms with Crippen LogP contribution in [0.25, 0.3) is 0 Å². The van der Waals surface area contributed by atoms with Crippen LogP contribution in [0.4, 0.5) is 0 Å². The molecule has 1 fully saturated rings. The Bertz CT molecular complexity index is 535. The Kier molecular flexibility index (Phi) is 4.74. The summed E-state index contributed by atoms with van der Waals surface area (Å²) in [4.78, 5) is 0.149. The second-order valence-corrected chi connectivity index (χ2v) is 7.50. The molecule has 0 unspecified atom stereocenters. The summed E-state index contributed by atoms with van der Waals surface area (Å²) in [5.41, 5.74) is 5.61. The Morgan fingerprint density at radius 1 is 1.16 bits per heavy atom. The van der Waals surface area contributed by atoms with Crippen molar-refractivity contribution in [1.29, 1.82) is 0 Å². The molecule has 0 spiro atoms. The van der Waals surface area contributed by atoms with E-state index in [1.165, 1.54) is 22.5 Å². The van der Waals surface area contributed by atoms with E-state index in [1.54, 1.807) is 0 Å². The maximum Gasteiger partial charge on any atom is 0.243 e. The fourth-order valence-electron chi connectivity index (χ4n) is 2.21. The van der Waals surface area contributed by atoms with Crippen molar-refractivity contribution in [1.82, 2.24) is 4.31 Å². The van der Waals surface area contributed by atoms with Crippen molar-refractivity contribution in [3.63, 3.8) is 0 Å². The Balaban J connectivity index is 2.23. The van der Waals surface area contributed by atoms with Gasteiger partial charge in [-0.1, -0.05) is 23.2 Å². The van der Waals surface area contributed by atoms with Gasteiger partial charge in [-0.3, -0.25) is 0 Å². The van der Waals surface area contributed by atoms with Crippen LogP contribution in [-0.4, -0.2) is 32.4 Å². The molecule has 0 atom stereocenters. The van der Waals surface area contributed by atoms with Crippen LogP contribution < -0.4 is 5.73 Å². The van der Waals surface area contributed by atoms with Gasteiger partial charge in [0.1, 0.15) is 0 Å². The molecule has 1 heterocycles. The number of rotatable bonds is 3. The zero-order valence-electron chi connectivity index (χ0n) is 10.4. The molecule has 1 saturated heterocycles. The quantitative estimate of drug-likeness (QED) is 0.929. The van der Waals surface area contributed by atoms with E-state index in [-0.39, 0.29) is 4.90 Å². The van der Waals surface area contributed by atoms with E-state index in [1.807, 2.05) is 0 Å². The minimum Gasteiger partial charge on any atom is -0.330 e. The number of benzene rings is 1. The Labute approximate surface area is 123 Å². The van der Waals surface area contributed by atoms with E-state index in [2.05, 4.69) is 0 Å². The summed E-state index contributed by atoms with van der Waals surface area (Å²) in [5.74, 6) is 0.411. The fraction of sp³-hybridized carbons (Fsp3) is 0.500. The van der Waals surface area contributed by atoms with Gasteiger partial charge in [-0.05, 0) is 43.5 Å². The second kappa shape index (κ2) is 5.97. The molecular formula is C12H16Cl2N2O2S. The second-order valence-electron chi connectivity index (χ2n) is 4.69. The third-order valence-electron chi connectivity index (χ3n) is 3.38. The molecular weight excluding hydrogens is 307 g/mol. The first-order chi connectivity index (χ1) is 8.93. The van der Waals surface area contributed by atoms with Gasteiger partial charge in [0, 0.05) is 23.1 Å². The summed E-state index contributed by atoms with van der Waals surface area (Å²) in [6.45, 7) is 1.60. The topological polar surface area (TPSA) is 63.4 Å². The van der Waals surface area contributed by atoms with Gasteiger partial charge in [0.25, 0.3) is 0 Å². The lowest BCUT2D eigenvalue weighted by Crippen LogP contribution is -2.40. The number of nitrogens with two attached hydrogens (primary N) is 1. The highest BCUT2D eigenvalue weighted by molar-refractivity contribution is 7.89. The Morgan fingerprint density at radius 3 is 2.16 bits per heavy atom.